The van der Waals surface area contributed by atoms with Crippen molar-refractivity contribution in [1.29, 1.82) is 0 Å². The van der Waals surface area contributed by atoms with Gasteiger partial charge in [0.1, 0.15) is 16.5 Å². The summed E-state index contributed by atoms with van der Waals surface area (Å²) in [5.74, 6) is 9.66. The summed E-state index contributed by atoms with van der Waals surface area (Å²) in [6.07, 6.45) is 17.4. The molecule has 0 bridgehead atoms. The fourth-order valence-electron chi connectivity index (χ4n) is 16.0. The van der Waals surface area contributed by atoms with Crippen LogP contribution in [0.5, 0.6) is 0 Å². The lowest BCUT2D eigenvalue weighted by atomic mass is 9.76. The third-order valence-corrected chi connectivity index (χ3v) is 34.4. The van der Waals surface area contributed by atoms with E-state index in [1.54, 1.807) is 0 Å². The summed E-state index contributed by atoms with van der Waals surface area (Å²) in [4.78, 5) is 0. The Morgan fingerprint density at radius 1 is 0.444 bits per heavy atom. The molecule has 4 rings (SSSR count). The molecule has 54 heavy (non-hydrogen) atoms. The van der Waals surface area contributed by atoms with E-state index in [1.807, 2.05) is 0 Å². The molecule has 0 aliphatic heterocycles. The zero-order valence-corrected chi connectivity index (χ0v) is 42.2. The highest BCUT2D eigenvalue weighted by molar-refractivity contribution is 6.98. The SMILES string of the molecule is CC1CCC(C(C)C)C([Si](C2CC(C)CCC2C(C)C)(N(CCN)[Si](C2CC(C)CCC2C(C)C)(C2CC(C)CCC2C(C)C)C(C)(C)C)C(C)(C)C)C1. The Morgan fingerprint density at radius 3 is 0.833 bits per heavy atom. The number of rotatable bonds is 12. The number of nitrogens with zero attached hydrogens (tertiary/aromatic N) is 1. The molecule has 12 atom stereocenters. The van der Waals surface area contributed by atoms with E-state index in [0.29, 0.717) is 0 Å². The molecule has 4 heteroatoms. The van der Waals surface area contributed by atoms with E-state index in [0.717, 1.165) is 99.7 Å². The van der Waals surface area contributed by atoms with Crippen LogP contribution in [0.25, 0.3) is 0 Å². The van der Waals surface area contributed by atoms with Crippen LogP contribution < -0.4 is 5.73 Å². The van der Waals surface area contributed by atoms with Gasteiger partial charge >= 0.3 is 0 Å². The predicted octanol–water partition coefficient (Wildman–Crippen LogP) is 15.6. The highest BCUT2D eigenvalue weighted by Gasteiger charge is 2.73. The molecule has 4 saturated carbocycles. The minimum absolute atomic E-state index is 0.261. The summed E-state index contributed by atoms with van der Waals surface area (Å²) in [5, 5.41) is 0.521. The van der Waals surface area contributed by atoms with Gasteiger partial charge in [0.05, 0.1) is 0 Å². The van der Waals surface area contributed by atoms with Gasteiger partial charge in [-0.1, -0.05) is 150 Å². The Kier molecular flexibility index (Phi) is 16.0. The van der Waals surface area contributed by atoms with Crippen LogP contribution in [-0.2, 0) is 0 Å². The van der Waals surface area contributed by atoms with E-state index in [9.17, 15) is 0 Å². The Bertz CT molecular complexity index is 996. The van der Waals surface area contributed by atoms with Crippen molar-refractivity contribution in [3.05, 3.63) is 0 Å². The molecule has 0 aromatic heterocycles. The van der Waals surface area contributed by atoms with E-state index < -0.39 is 16.5 Å². The average molecular weight is 786 g/mol. The van der Waals surface area contributed by atoms with Crippen molar-refractivity contribution < 1.29 is 0 Å². The number of nitrogens with two attached hydrogens (primary N) is 1. The van der Waals surface area contributed by atoms with E-state index in [-0.39, 0.29) is 10.1 Å². The fraction of sp³-hybridized carbons (Fsp3) is 1.00. The third-order valence-electron chi connectivity index (χ3n) is 18.0. The van der Waals surface area contributed by atoms with Crippen molar-refractivity contribution in [3.8, 4) is 0 Å². The topological polar surface area (TPSA) is 29.3 Å². The smallest absolute Gasteiger partial charge is 0.134 e. The molecule has 2 N–H and O–H groups in total. The summed E-state index contributed by atoms with van der Waals surface area (Å²) < 4.78 is 3.81. The Hall–Kier alpha value is 0.354. The van der Waals surface area contributed by atoms with Crippen LogP contribution in [0.1, 0.15) is 202 Å². The van der Waals surface area contributed by atoms with Gasteiger partial charge in [0, 0.05) is 6.54 Å². The van der Waals surface area contributed by atoms with E-state index in [2.05, 4.69) is 129 Å². The van der Waals surface area contributed by atoms with Crippen molar-refractivity contribution in [2.45, 2.75) is 234 Å². The van der Waals surface area contributed by atoms with Gasteiger partial charge in [0.15, 0.2) is 0 Å². The molecule has 0 radical (unpaired) electrons. The zero-order valence-electron chi connectivity index (χ0n) is 40.2. The van der Waals surface area contributed by atoms with E-state index >= 15 is 0 Å². The Labute approximate surface area is 343 Å². The Morgan fingerprint density at radius 2 is 0.667 bits per heavy atom. The highest BCUT2D eigenvalue weighted by Crippen LogP contribution is 2.72. The van der Waals surface area contributed by atoms with Gasteiger partial charge in [-0.2, -0.15) is 0 Å². The molecule has 0 spiro atoms. The summed E-state index contributed by atoms with van der Waals surface area (Å²) >= 11 is 0. The quantitative estimate of drug-likeness (QED) is 0.200. The van der Waals surface area contributed by atoms with Gasteiger partial charge in [-0.25, -0.2) is 0 Å². The van der Waals surface area contributed by atoms with Crippen molar-refractivity contribution in [2.75, 3.05) is 13.1 Å². The molecule has 4 fully saturated rings. The number of hydrogen-bond acceptors (Lipinski definition) is 2. The van der Waals surface area contributed by atoms with Crippen LogP contribution in [0.2, 0.25) is 32.2 Å². The van der Waals surface area contributed by atoms with Crippen LogP contribution in [0.15, 0.2) is 0 Å². The lowest BCUT2D eigenvalue weighted by molar-refractivity contribution is 0.167. The number of hydrogen-bond donors (Lipinski definition) is 1. The second-order valence-corrected chi connectivity index (χ2v) is 35.6. The van der Waals surface area contributed by atoms with E-state index in [4.69, 9.17) is 5.73 Å². The molecular formula is C50H100N2Si2. The largest absolute Gasteiger partial charge is 0.342 e. The van der Waals surface area contributed by atoms with Crippen LogP contribution in [0, 0.1) is 71.0 Å². The summed E-state index contributed by atoms with van der Waals surface area (Å²) in [7, 11) is -4.90. The first-order valence-corrected chi connectivity index (χ1v) is 28.7. The maximum absolute atomic E-state index is 7.32. The minimum atomic E-state index is -2.45. The molecule has 12 unspecified atom stereocenters. The van der Waals surface area contributed by atoms with Crippen LogP contribution >= 0.6 is 0 Å². The highest BCUT2D eigenvalue weighted by atomic mass is 28.4. The maximum Gasteiger partial charge on any atom is 0.134 e. The Balaban J connectivity index is 2.33. The molecule has 0 saturated heterocycles. The first-order valence-electron chi connectivity index (χ1n) is 24.5. The molecule has 4 aliphatic carbocycles. The fourth-order valence-corrected chi connectivity index (χ4v) is 40.1. The summed E-state index contributed by atoms with van der Waals surface area (Å²) in [6, 6.07) is 0. The van der Waals surface area contributed by atoms with Gasteiger partial charge in [0.25, 0.3) is 0 Å². The van der Waals surface area contributed by atoms with Crippen molar-refractivity contribution >= 4 is 16.5 Å². The lowest BCUT2D eigenvalue weighted by Crippen LogP contribution is -2.82. The van der Waals surface area contributed by atoms with Crippen LogP contribution in [0.4, 0.5) is 0 Å². The molecule has 0 aromatic carbocycles. The van der Waals surface area contributed by atoms with Gasteiger partial charge < -0.3 is 9.96 Å². The first kappa shape index (κ1) is 47.0. The van der Waals surface area contributed by atoms with Gasteiger partial charge in [0.2, 0.25) is 0 Å². The van der Waals surface area contributed by atoms with Gasteiger partial charge in [-0.3, -0.25) is 0 Å². The minimum Gasteiger partial charge on any atom is -0.342 e. The van der Waals surface area contributed by atoms with Gasteiger partial charge in [-0.05, 0) is 161 Å². The van der Waals surface area contributed by atoms with Crippen molar-refractivity contribution in [1.82, 2.24) is 4.23 Å². The zero-order chi connectivity index (χ0) is 40.7. The molecule has 4 aliphatic rings. The second-order valence-electron chi connectivity index (χ2n) is 24.8. The molecule has 0 amide bonds. The molecule has 318 valence electrons. The van der Waals surface area contributed by atoms with Crippen LogP contribution in [-0.4, -0.2) is 33.8 Å². The van der Waals surface area contributed by atoms with Gasteiger partial charge in [-0.15, -0.1) is 0 Å². The monoisotopic (exact) mass is 785 g/mol. The van der Waals surface area contributed by atoms with E-state index in [1.165, 1.54) is 83.6 Å². The molecule has 0 aromatic rings. The average Bonchev–Trinajstić information content (AvgIpc) is 3.04. The second kappa shape index (κ2) is 18.3. The standard InChI is InChI=1S/C50H100N2Si2/c1-33(2)41-23-19-37(9)29-45(41)53(49(13,14)15,46-30-38(10)20-24-42(46)34(3)4)52(28-27-51)54(50(16,17)18,47-31-39(11)21-25-43(47)35(5)6)48-32-40(12)22-26-44(48)36(7)8/h33-48H,19-32,51H2,1-18H3. The normalized spacial score (nSPS) is 38.7. The molecule has 2 nitrogen and oxygen atoms in total. The van der Waals surface area contributed by atoms with Crippen molar-refractivity contribution in [3.63, 3.8) is 0 Å². The van der Waals surface area contributed by atoms with Crippen molar-refractivity contribution in [2.24, 2.45) is 76.7 Å². The predicted molar refractivity (Wildman–Crippen MR) is 247 cm³/mol. The van der Waals surface area contributed by atoms with Crippen LogP contribution in [0.3, 0.4) is 0 Å². The maximum atomic E-state index is 7.32. The molecule has 0 heterocycles. The summed E-state index contributed by atoms with van der Waals surface area (Å²) in [5.41, 5.74) is 10.7. The lowest BCUT2D eigenvalue weighted by Gasteiger charge is -2.74. The first-order chi connectivity index (χ1) is 25.0. The summed E-state index contributed by atoms with van der Waals surface area (Å²) in [6.45, 7) is 51.0. The third kappa shape index (κ3) is 8.79. The molecular weight excluding hydrogens is 685 g/mol.